The summed E-state index contributed by atoms with van der Waals surface area (Å²) in [7, 11) is -2.20. The van der Waals surface area contributed by atoms with Gasteiger partial charge in [0.15, 0.2) is 5.11 Å². The molecule has 4 aromatic carbocycles. The molecule has 0 fully saturated rings. The number of para-hydroxylation sites is 1. The van der Waals surface area contributed by atoms with Crippen LogP contribution in [-0.4, -0.2) is 33.7 Å². The highest BCUT2D eigenvalue weighted by molar-refractivity contribution is 7.91. The molecular formula is C30H27N3O4S3. The first-order chi connectivity index (χ1) is 19.4. The van der Waals surface area contributed by atoms with Crippen LogP contribution in [0.3, 0.4) is 0 Å². The van der Waals surface area contributed by atoms with Crippen molar-refractivity contribution in [2.45, 2.75) is 4.21 Å². The van der Waals surface area contributed by atoms with Crippen LogP contribution in [0.1, 0.15) is 0 Å². The van der Waals surface area contributed by atoms with Crippen molar-refractivity contribution in [3.05, 3.63) is 102 Å². The van der Waals surface area contributed by atoms with Crippen LogP contribution in [0.25, 0.3) is 21.9 Å². The van der Waals surface area contributed by atoms with Gasteiger partial charge in [0.1, 0.15) is 21.5 Å². The summed E-state index contributed by atoms with van der Waals surface area (Å²) in [5.41, 5.74) is 2.04. The highest BCUT2D eigenvalue weighted by Crippen LogP contribution is 2.40. The van der Waals surface area contributed by atoms with Gasteiger partial charge in [0.25, 0.3) is 10.0 Å². The van der Waals surface area contributed by atoms with E-state index in [2.05, 4.69) is 15.4 Å². The molecular weight excluding hydrogens is 563 g/mol. The Labute approximate surface area is 242 Å². The molecule has 0 saturated carbocycles. The molecule has 5 rings (SSSR count). The van der Waals surface area contributed by atoms with Gasteiger partial charge >= 0.3 is 0 Å². The SMILES string of the molecule is COc1cccc(NC(=S)NCCNS(=O)(=O)c2sccc2-c2ccccc2Oc2cccc3ccccc23)c1. The van der Waals surface area contributed by atoms with Gasteiger partial charge in [0, 0.05) is 41.4 Å². The molecule has 7 nitrogen and oxygen atoms in total. The minimum absolute atomic E-state index is 0.147. The second-order valence-electron chi connectivity index (χ2n) is 8.71. The summed E-state index contributed by atoms with van der Waals surface area (Å²) in [4.78, 5) is 0. The fourth-order valence-electron chi connectivity index (χ4n) is 4.19. The Morgan fingerprint density at radius 3 is 2.48 bits per heavy atom. The minimum Gasteiger partial charge on any atom is -0.497 e. The molecule has 0 amide bonds. The maximum absolute atomic E-state index is 13.3. The third kappa shape index (κ3) is 6.43. The van der Waals surface area contributed by atoms with E-state index >= 15 is 0 Å². The summed E-state index contributed by atoms with van der Waals surface area (Å²) in [5, 5.41) is 10.3. The zero-order valence-corrected chi connectivity index (χ0v) is 24.0. The number of benzene rings is 4. The highest BCUT2D eigenvalue weighted by Gasteiger charge is 2.23. The lowest BCUT2D eigenvalue weighted by molar-refractivity contribution is 0.415. The molecule has 40 heavy (non-hydrogen) atoms. The molecule has 0 spiro atoms. The molecule has 1 heterocycles. The Bertz CT molecular complexity index is 1750. The molecule has 0 aliphatic carbocycles. The van der Waals surface area contributed by atoms with E-state index in [1.807, 2.05) is 91.0 Å². The summed E-state index contributed by atoms with van der Waals surface area (Å²) in [5.74, 6) is 1.98. The van der Waals surface area contributed by atoms with Crippen molar-refractivity contribution in [2.24, 2.45) is 0 Å². The van der Waals surface area contributed by atoms with E-state index in [0.29, 0.717) is 40.0 Å². The first kappa shape index (κ1) is 27.6. The third-order valence-electron chi connectivity index (χ3n) is 6.05. The van der Waals surface area contributed by atoms with Gasteiger partial charge in [-0.25, -0.2) is 13.1 Å². The van der Waals surface area contributed by atoms with Crippen LogP contribution in [0.2, 0.25) is 0 Å². The van der Waals surface area contributed by atoms with E-state index in [1.165, 1.54) is 0 Å². The molecule has 5 aromatic rings. The van der Waals surface area contributed by atoms with Crippen molar-refractivity contribution in [3.63, 3.8) is 0 Å². The van der Waals surface area contributed by atoms with Gasteiger partial charge in [0.2, 0.25) is 0 Å². The van der Waals surface area contributed by atoms with Crippen LogP contribution in [0, 0.1) is 0 Å². The molecule has 3 N–H and O–H groups in total. The number of anilines is 1. The third-order valence-corrected chi connectivity index (χ3v) is 9.24. The Morgan fingerprint density at radius 1 is 0.850 bits per heavy atom. The van der Waals surface area contributed by atoms with E-state index in [0.717, 1.165) is 27.8 Å². The largest absolute Gasteiger partial charge is 0.497 e. The molecule has 0 aliphatic heterocycles. The number of ether oxygens (including phenoxy) is 2. The van der Waals surface area contributed by atoms with Crippen molar-refractivity contribution in [1.82, 2.24) is 10.0 Å². The topological polar surface area (TPSA) is 88.7 Å². The summed E-state index contributed by atoms with van der Waals surface area (Å²) in [6.07, 6.45) is 0. The number of methoxy groups -OCH3 is 1. The number of hydrogen-bond donors (Lipinski definition) is 3. The molecule has 0 radical (unpaired) electrons. The molecule has 10 heteroatoms. The second-order valence-corrected chi connectivity index (χ2v) is 12.0. The van der Waals surface area contributed by atoms with Crippen LogP contribution in [-0.2, 0) is 10.0 Å². The number of thiocarbonyl (C=S) groups is 1. The lowest BCUT2D eigenvalue weighted by Gasteiger charge is -2.14. The van der Waals surface area contributed by atoms with E-state index in [4.69, 9.17) is 21.7 Å². The Balaban J connectivity index is 1.27. The predicted octanol–water partition coefficient (Wildman–Crippen LogP) is 6.63. The van der Waals surface area contributed by atoms with E-state index in [9.17, 15) is 8.42 Å². The predicted molar refractivity (Wildman–Crippen MR) is 166 cm³/mol. The Morgan fingerprint density at radius 2 is 1.60 bits per heavy atom. The lowest BCUT2D eigenvalue weighted by atomic mass is 10.1. The zero-order chi connectivity index (χ0) is 28.0. The number of rotatable bonds is 10. The van der Waals surface area contributed by atoms with E-state index < -0.39 is 10.0 Å². The maximum Gasteiger partial charge on any atom is 0.250 e. The molecule has 0 saturated heterocycles. The summed E-state index contributed by atoms with van der Waals surface area (Å²) in [6, 6.07) is 30.5. The smallest absolute Gasteiger partial charge is 0.250 e. The number of thiophene rings is 1. The number of sulfonamides is 1. The molecule has 1 aromatic heterocycles. The standard InChI is InChI=1S/C30H27N3O4S3/c1-36-23-11-7-10-22(20-23)33-30(38)31-17-18-32-40(34,35)29-26(16-19-39-29)25-13-4-5-14-28(25)37-27-15-6-9-21-8-2-3-12-24(21)27/h2-16,19-20,32H,17-18H2,1H3,(H2,31,33,38). The van der Waals surface area contributed by atoms with Crippen molar-refractivity contribution in [1.29, 1.82) is 0 Å². The van der Waals surface area contributed by atoms with Crippen molar-refractivity contribution < 1.29 is 17.9 Å². The van der Waals surface area contributed by atoms with Crippen molar-refractivity contribution in [3.8, 4) is 28.4 Å². The fraction of sp³-hybridized carbons (Fsp3) is 0.100. The number of fused-ring (bicyclic) bond motifs is 1. The van der Waals surface area contributed by atoms with Gasteiger partial charge in [-0.15, -0.1) is 11.3 Å². The van der Waals surface area contributed by atoms with Crippen LogP contribution in [0.15, 0.2) is 107 Å². The summed E-state index contributed by atoms with van der Waals surface area (Å²) in [6.45, 7) is 0.449. The molecule has 0 atom stereocenters. The maximum atomic E-state index is 13.3. The fourth-order valence-corrected chi connectivity index (χ4v) is 6.86. The van der Waals surface area contributed by atoms with E-state index in [1.54, 1.807) is 18.6 Å². The lowest BCUT2D eigenvalue weighted by Crippen LogP contribution is -2.36. The average Bonchev–Trinajstić information content (AvgIpc) is 3.47. The van der Waals surface area contributed by atoms with Crippen LogP contribution in [0.4, 0.5) is 5.69 Å². The quantitative estimate of drug-likeness (QED) is 0.124. The van der Waals surface area contributed by atoms with Crippen LogP contribution in [0.5, 0.6) is 17.2 Å². The number of nitrogens with one attached hydrogen (secondary N) is 3. The van der Waals surface area contributed by atoms with Crippen LogP contribution >= 0.6 is 23.6 Å². The summed E-state index contributed by atoms with van der Waals surface area (Å²) >= 11 is 6.49. The minimum atomic E-state index is -3.79. The Hall–Kier alpha value is -3.96. The van der Waals surface area contributed by atoms with Crippen LogP contribution < -0.4 is 24.8 Å². The molecule has 0 bridgehead atoms. The van der Waals surface area contributed by atoms with Gasteiger partial charge in [-0.1, -0.05) is 60.7 Å². The highest BCUT2D eigenvalue weighted by atomic mass is 32.2. The average molecular weight is 590 g/mol. The molecule has 204 valence electrons. The monoisotopic (exact) mass is 589 g/mol. The second kappa shape index (κ2) is 12.5. The van der Waals surface area contributed by atoms with Gasteiger partial charge in [-0.3, -0.25) is 0 Å². The summed E-state index contributed by atoms with van der Waals surface area (Å²) < 4.78 is 41.1. The van der Waals surface area contributed by atoms with Gasteiger partial charge in [-0.2, -0.15) is 0 Å². The van der Waals surface area contributed by atoms with Gasteiger partial charge in [0.05, 0.1) is 7.11 Å². The van der Waals surface area contributed by atoms with Gasteiger partial charge in [-0.05, 0) is 53.3 Å². The molecule has 0 aliphatic rings. The normalized spacial score (nSPS) is 11.2. The van der Waals surface area contributed by atoms with Crippen molar-refractivity contribution >= 4 is 55.2 Å². The Kier molecular flexibility index (Phi) is 8.61. The van der Waals surface area contributed by atoms with Crippen molar-refractivity contribution in [2.75, 3.05) is 25.5 Å². The number of hydrogen-bond acceptors (Lipinski definition) is 6. The first-order valence-electron chi connectivity index (χ1n) is 12.5. The van der Waals surface area contributed by atoms with E-state index in [-0.39, 0.29) is 10.8 Å². The zero-order valence-electron chi connectivity index (χ0n) is 21.6. The first-order valence-corrected chi connectivity index (χ1v) is 15.2. The van der Waals surface area contributed by atoms with Gasteiger partial charge < -0.3 is 20.1 Å². The molecule has 0 unspecified atom stereocenters.